The van der Waals surface area contributed by atoms with Gasteiger partial charge in [-0.05, 0) is 6.07 Å². The molecule has 1 aliphatic rings. The Labute approximate surface area is 149 Å². The predicted octanol–water partition coefficient (Wildman–Crippen LogP) is 2.88. The fourth-order valence-corrected chi connectivity index (χ4v) is 3.19. The van der Waals surface area contributed by atoms with Gasteiger partial charge in [-0.1, -0.05) is 30.3 Å². The maximum absolute atomic E-state index is 11.1. The topological polar surface area (TPSA) is 86.3 Å². The summed E-state index contributed by atoms with van der Waals surface area (Å²) >= 11 is 0. The molecule has 8 nitrogen and oxygen atoms in total. The van der Waals surface area contributed by atoms with Crippen molar-refractivity contribution in [3.8, 4) is 17.1 Å². The lowest BCUT2D eigenvalue weighted by atomic mass is 10.2. The average Bonchev–Trinajstić information content (AvgIpc) is 3.11. The van der Waals surface area contributed by atoms with Crippen molar-refractivity contribution in [1.82, 2.24) is 14.8 Å². The first-order chi connectivity index (χ1) is 12.7. The normalized spacial score (nSPS) is 13.3. The van der Waals surface area contributed by atoms with Crippen LogP contribution in [0.5, 0.6) is 5.75 Å². The Morgan fingerprint density at radius 1 is 1.12 bits per heavy atom. The van der Waals surface area contributed by atoms with Gasteiger partial charge in [0.2, 0.25) is 0 Å². The lowest BCUT2D eigenvalue weighted by molar-refractivity contribution is -0.385. The highest BCUT2D eigenvalue weighted by atomic mass is 16.6. The molecule has 132 valence electrons. The molecule has 1 aliphatic heterocycles. The second-order valence-electron chi connectivity index (χ2n) is 5.99. The van der Waals surface area contributed by atoms with E-state index >= 15 is 0 Å². The Morgan fingerprint density at radius 2 is 1.92 bits per heavy atom. The highest BCUT2D eigenvalue weighted by Gasteiger charge is 2.24. The molecular formula is C18H17N5O3. The van der Waals surface area contributed by atoms with Crippen LogP contribution in [0.2, 0.25) is 0 Å². The van der Waals surface area contributed by atoms with Gasteiger partial charge >= 0.3 is 5.69 Å². The monoisotopic (exact) mass is 351 g/mol. The van der Waals surface area contributed by atoms with Crippen molar-refractivity contribution in [3.63, 3.8) is 0 Å². The fourth-order valence-electron chi connectivity index (χ4n) is 3.19. The predicted molar refractivity (Wildman–Crippen MR) is 96.2 cm³/mol. The Morgan fingerprint density at radius 3 is 2.65 bits per heavy atom. The van der Waals surface area contributed by atoms with Crippen molar-refractivity contribution in [2.45, 2.75) is 13.1 Å². The molecule has 0 saturated heterocycles. The number of fused-ring (bicyclic) bond motifs is 1. The summed E-state index contributed by atoms with van der Waals surface area (Å²) in [6, 6.07) is 14.9. The minimum absolute atomic E-state index is 0.0391. The molecule has 0 N–H and O–H groups in total. The number of nitro benzene ring substituents is 1. The summed E-state index contributed by atoms with van der Waals surface area (Å²) in [5.41, 5.74) is 1.86. The van der Waals surface area contributed by atoms with E-state index in [1.807, 2.05) is 30.3 Å². The van der Waals surface area contributed by atoms with E-state index < -0.39 is 4.92 Å². The fraction of sp³-hybridized carbons (Fsp3) is 0.222. The third kappa shape index (κ3) is 2.75. The Kier molecular flexibility index (Phi) is 4.00. The number of nitro groups is 1. The molecule has 0 aliphatic carbocycles. The van der Waals surface area contributed by atoms with Crippen LogP contribution in [-0.2, 0) is 13.1 Å². The number of hydrogen-bond acceptors (Lipinski definition) is 6. The van der Waals surface area contributed by atoms with Crippen molar-refractivity contribution in [2.24, 2.45) is 0 Å². The van der Waals surface area contributed by atoms with Crippen LogP contribution in [0, 0.1) is 10.1 Å². The number of rotatable bonds is 4. The van der Waals surface area contributed by atoms with Gasteiger partial charge in [-0.2, -0.15) is 0 Å². The summed E-state index contributed by atoms with van der Waals surface area (Å²) in [6.07, 6.45) is 0. The van der Waals surface area contributed by atoms with Crippen LogP contribution in [0.3, 0.4) is 0 Å². The molecule has 0 amide bonds. The van der Waals surface area contributed by atoms with Gasteiger partial charge in [0.05, 0.1) is 18.6 Å². The number of aromatic nitrogens is 3. The third-order valence-corrected chi connectivity index (χ3v) is 4.51. The van der Waals surface area contributed by atoms with E-state index in [2.05, 4.69) is 19.7 Å². The van der Waals surface area contributed by atoms with E-state index in [0.29, 0.717) is 6.54 Å². The molecule has 0 atom stereocenters. The van der Waals surface area contributed by atoms with E-state index in [0.717, 1.165) is 36.0 Å². The molecular weight excluding hydrogens is 334 g/mol. The molecule has 0 radical (unpaired) electrons. The first-order valence-electron chi connectivity index (χ1n) is 8.22. The van der Waals surface area contributed by atoms with Crippen molar-refractivity contribution in [1.29, 1.82) is 0 Å². The van der Waals surface area contributed by atoms with Gasteiger partial charge in [-0.15, -0.1) is 10.2 Å². The summed E-state index contributed by atoms with van der Waals surface area (Å²) in [6.45, 7) is 2.08. The third-order valence-electron chi connectivity index (χ3n) is 4.51. The first kappa shape index (κ1) is 16.1. The standard InChI is InChI=1S/C18H17N5O3/c1-26-16-11-14(7-8-15(16)23(24)25)21-9-10-22-17(12-21)19-20-18(22)13-5-3-2-4-6-13/h2-8,11H,9-10,12H2,1H3. The van der Waals surface area contributed by atoms with Gasteiger partial charge < -0.3 is 14.2 Å². The van der Waals surface area contributed by atoms with Gasteiger partial charge in [0, 0.05) is 36.5 Å². The second kappa shape index (κ2) is 6.47. The summed E-state index contributed by atoms with van der Waals surface area (Å²) in [7, 11) is 1.44. The molecule has 26 heavy (non-hydrogen) atoms. The number of hydrogen-bond donors (Lipinski definition) is 0. The van der Waals surface area contributed by atoms with Crippen molar-refractivity contribution < 1.29 is 9.66 Å². The quantitative estimate of drug-likeness (QED) is 0.531. The van der Waals surface area contributed by atoms with Crippen LogP contribution in [-0.4, -0.2) is 33.3 Å². The zero-order chi connectivity index (χ0) is 18.1. The second-order valence-corrected chi connectivity index (χ2v) is 5.99. The number of anilines is 1. The van der Waals surface area contributed by atoms with Gasteiger partial charge in [0.1, 0.15) is 0 Å². The van der Waals surface area contributed by atoms with Crippen LogP contribution in [0.15, 0.2) is 48.5 Å². The maximum Gasteiger partial charge on any atom is 0.311 e. The molecule has 0 bridgehead atoms. The zero-order valence-corrected chi connectivity index (χ0v) is 14.2. The molecule has 2 heterocycles. The molecule has 2 aromatic carbocycles. The zero-order valence-electron chi connectivity index (χ0n) is 14.2. The van der Waals surface area contributed by atoms with E-state index in [9.17, 15) is 10.1 Å². The minimum atomic E-state index is -0.443. The Bertz CT molecular complexity index is 955. The average molecular weight is 351 g/mol. The summed E-state index contributed by atoms with van der Waals surface area (Å²) < 4.78 is 7.29. The lowest BCUT2D eigenvalue weighted by Crippen LogP contribution is -2.34. The van der Waals surface area contributed by atoms with E-state index in [-0.39, 0.29) is 11.4 Å². The number of ether oxygens (including phenoxy) is 1. The van der Waals surface area contributed by atoms with Crippen molar-refractivity contribution in [2.75, 3.05) is 18.6 Å². The van der Waals surface area contributed by atoms with Crippen LogP contribution in [0.1, 0.15) is 5.82 Å². The minimum Gasteiger partial charge on any atom is -0.490 e. The molecule has 0 fully saturated rings. The van der Waals surface area contributed by atoms with Crippen LogP contribution in [0.4, 0.5) is 11.4 Å². The van der Waals surface area contributed by atoms with E-state index in [1.54, 1.807) is 12.1 Å². The maximum atomic E-state index is 11.1. The molecule has 8 heteroatoms. The SMILES string of the molecule is COc1cc(N2CCn3c(nnc3-c3ccccc3)C2)ccc1[N+](=O)[O-]. The summed E-state index contributed by atoms with van der Waals surface area (Å²) in [5.74, 6) is 1.98. The lowest BCUT2D eigenvalue weighted by Gasteiger charge is -2.29. The Balaban J connectivity index is 1.62. The van der Waals surface area contributed by atoms with Crippen LogP contribution < -0.4 is 9.64 Å². The van der Waals surface area contributed by atoms with Gasteiger partial charge in [-0.3, -0.25) is 10.1 Å². The molecule has 3 aromatic rings. The van der Waals surface area contributed by atoms with Crippen LogP contribution >= 0.6 is 0 Å². The Hall–Kier alpha value is -3.42. The number of benzene rings is 2. The highest BCUT2D eigenvalue weighted by molar-refractivity contribution is 5.60. The molecule has 0 saturated carbocycles. The largest absolute Gasteiger partial charge is 0.490 e. The number of methoxy groups -OCH3 is 1. The van der Waals surface area contributed by atoms with Gasteiger partial charge in [-0.25, -0.2) is 0 Å². The molecule has 4 rings (SSSR count). The van der Waals surface area contributed by atoms with E-state index in [1.165, 1.54) is 13.2 Å². The first-order valence-corrected chi connectivity index (χ1v) is 8.22. The summed E-state index contributed by atoms with van der Waals surface area (Å²) in [5, 5.41) is 19.7. The molecule has 0 spiro atoms. The molecule has 0 unspecified atom stereocenters. The van der Waals surface area contributed by atoms with Crippen LogP contribution in [0.25, 0.3) is 11.4 Å². The highest BCUT2D eigenvalue weighted by Crippen LogP contribution is 2.33. The van der Waals surface area contributed by atoms with Crippen molar-refractivity contribution in [3.05, 3.63) is 64.5 Å². The van der Waals surface area contributed by atoms with Gasteiger partial charge in [0.15, 0.2) is 17.4 Å². The summed E-state index contributed by atoms with van der Waals surface area (Å²) in [4.78, 5) is 12.7. The van der Waals surface area contributed by atoms with Gasteiger partial charge in [0.25, 0.3) is 0 Å². The number of nitrogens with zero attached hydrogens (tertiary/aromatic N) is 5. The van der Waals surface area contributed by atoms with E-state index in [4.69, 9.17) is 4.74 Å². The van der Waals surface area contributed by atoms with Crippen molar-refractivity contribution >= 4 is 11.4 Å². The molecule has 1 aromatic heterocycles. The smallest absolute Gasteiger partial charge is 0.311 e.